The Morgan fingerprint density at radius 2 is 1.51 bits per heavy atom. The number of phenolic OH excluding ortho intramolecular Hbond substituents is 2. The lowest BCUT2D eigenvalue weighted by atomic mass is 9.78. The number of nitrogens with two attached hydrogens (primary N) is 1. The number of imide groups is 1. The second-order valence-electron chi connectivity index (χ2n) is 9.14. The van der Waals surface area contributed by atoms with Crippen LogP contribution in [-0.4, -0.2) is 33.5 Å². The van der Waals surface area contributed by atoms with E-state index < -0.39 is 0 Å². The summed E-state index contributed by atoms with van der Waals surface area (Å²) in [6.45, 7) is 4.59. The van der Waals surface area contributed by atoms with Gasteiger partial charge in [-0.3, -0.25) is 14.5 Å². The number of fused-ring (bicyclic) bond motifs is 1. The number of nitrogen functional groups attached to an aromatic ring is 1. The van der Waals surface area contributed by atoms with Gasteiger partial charge in [-0.2, -0.15) is 0 Å². The molecular formula is C29H32N2O4. The van der Waals surface area contributed by atoms with Crippen molar-refractivity contribution in [1.29, 1.82) is 0 Å². The topological polar surface area (TPSA) is 104 Å². The number of hydrogen-bond acceptors (Lipinski definition) is 5. The molecule has 4 rings (SSSR count). The van der Waals surface area contributed by atoms with Crippen LogP contribution in [0.15, 0.2) is 60.7 Å². The van der Waals surface area contributed by atoms with E-state index in [1.165, 1.54) is 10.5 Å². The summed E-state index contributed by atoms with van der Waals surface area (Å²) in [6.07, 6.45) is 2.95. The highest BCUT2D eigenvalue weighted by molar-refractivity contribution is 6.23. The molecule has 35 heavy (non-hydrogen) atoms. The lowest BCUT2D eigenvalue weighted by Crippen LogP contribution is -2.31. The number of hydrogen-bond donors (Lipinski definition) is 3. The van der Waals surface area contributed by atoms with Crippen LogP contribution in [0, 0.1) is 0 Å². The van der Waals surface area contributed by atoms with E-state index in [9.17, 15) is 19.8 Å². The molecular weight excluding hydrogens is 440 g/mol. The molecule has 0 aliphatic carbocycles. The van der Waals surface area contributed by atoms with Gasteiger partial charge in [-0.05, 0) is 84.5 Å². The number of rotatable bonds is 9. The SMILES string of the molecule is CCC(c1ccc(O)cc1)C(CC)c1ccc(O)c(CCCN2C(=O)c3cccc(N)c3C2=O)c1. The number of aromatic hydroxyl groups is 2. The maximum absolute atomic E-state index is 12.7. The molecule has 1 aliphatic heterocycles. The Morgan fingerprint density at radius 3 is 2.17 bits per heavy atom. The highest BCUT2D eigenvalue weighted by atomic mass is 16.3. The minimum absolute atomic E-state index is 0.216. The fourth-order valence-corrected chi connectivity index (χ4v) is 5.25. The number of carbonyl (C=O) groups excluding carboxylic acids is 2. The molecule has 0 fully saturated rings. The summed E-state index contributed by atoms with van der Waals surface area (Å²) in [5.74, 6) is 0.329. The molecule has 3 aromatic carbocycles. The van der Waals surface area contributed by atoms with Gasteiger partial charge in [-0.1, -0.05) is 44.2 Å². The van der Waals surface area contributed by atoms with Gasteiger partial charge in [0.2, 0.25) is 0 Å². The molecule has 3 aromatic rings. The van der Waals surface area contributed by atoms with E-state index in [4.69, 9.17) is 5.73 Å². The lowest BCUT2D eigenvalue weighted by molar-refractivity contribution is 0.0653. The van der Waals surface area contributed by atoms with Gasteiger partial charge in [-0.25, -0.2) is 0 Å². The van der Waals surface area contributed by atoms with Crippen molar-refractivity contribution in [2.45, 2.75) is 51.4 Å². The van der Waals surface area contributed by atoms with Crippen molar-refractivity contribution < 1.29 is 19.8 Å². The number of aryl methyl sites for hydroxylation is 1. The van der Waals surface area contributed by atoms with Crippen LogP contribution < -0.4 is 5.73 Å². The molecule has 4 N–H and O–H groups in total. The molecule has 0 spiro atoms. The summed E-state index contributed by atoms with van der Waals surface area (Å²) < 4.78 is 0. The number of anilines is 1. The molecule has 1 heterocycles. The van der Waals surface area contributed by atoms with Gasteiger partial charge in [0.25, 0.3) is 11.8 Å². The minimum Gasteiger partial charge on any atom is -0.508 e. The first-order chi connectivity index (χ1) is 16.8. The predicted molar refractivity (Wildman–Crippen MR) is 137 cm³/mol. The predicted octanol–water partition coefficient (Wildman–Crippen LogP) is 5.60. The average molecular weight is 473 g/mol. The summed E-state index contributed by atoms with van der Waals surface area (Å²) in [5, 5.41) is 20.2. The molecule has 0 aromatic heterocycles. The van der Waals surface area contributed by atoms with Gasteiger partial charge in [-0.15, -0.1) is 0 Å². The summed E-state index contributed by atoms with van der Waals surface area (Å²) in [6, 6.07) is 18.1. The monoisotopic (exact) mass is 472 g/mol. The Balaban J connectivity index is 1.48. The Morgan fingerprint density at radius 1 is 0.857 bits per heavy atom. The highest BCUT2D eigenvalue weighted by Gasteiger charge is 2.36. The van der Waals surface area contributed by atoms with E-state index in [0.29, 0.717) is 24.1 Å². The zero-order chi connectivity index (χ0) is 25.1. The number of nitrogens with zero attached hydrogens (tertiary/aromatic N) is 1. The van der Waals surface area contributed by atoms with Crippen molar-refractivity contribution in [3.05, 3.63) is 88.5 Å². The first-order valence-corrected chi connectivity index (χ1v) is 12.2. The summed E-state index contributed by atoms with van der Waals surface area (Å²) in [7, 11) is 0. The Kier molecular flexibility index (Phi) is 7.10. The fraction of sp³-hybridized carbons (Fsp3) is 0.310. The number of amides is 2. The van der Waals surface area contributed by atoms with E-state index in [1.54, 1.807) is 36.4 Å². The van der Waals surface area contributed by atoms with Gasteiger partial charge < -0.3 is 15.9 Å². The van der Waals surface area contributed by atoms with E-state index in [0.717, 1.165) is 24.0 Å². The maximum Gasteiger partial charge on any atom is 0.263 e. The van der Waals surface area contributed by atoms with Gasteiger partial charge in [0.15, 0.2) is 0 Å². The molecule has 2 amide bonds. The zero-order valence-corrected chi connectivity index (χ0v) is 20.2. The standard InChI is InChI=1S/C29H32N2O4/c1-3-22(18-10-13-21(32)14-11-18)23(4-2)19-12-15-26(33)20(17-19)7-6-16-31-28(34)24-8-5-9-25(30)27(24)29(31)35/h5,8-15,17,22-23,32-33H,3-4,6-7,16,30H2,1-2H3. The summed E-state index contributed by atoms with van der Waals surface area (Å²) in [5.41, 5.74) is 10.0. The lowest BCUT2D eigenvalue weighted by Gasteiger charge is -2.27. The smallest absolute Gasteiger partial charge is 0.263 e. The van der Waals surface area contributed by atoms with Crippen molar-refractivity contribution in [2.24, 2.45) is 0 Å². The third-order valence-corrected chi connectivity index (χ3v) is 7.08. The van der Waals surface area contributed by atoms with Crippen molar-refractivity contribution in [3.8, 4) is 11.5 Å². The third kappa shape index (κ3) is 4.74. The van der Waals surface area contributed by atoms with E-state index in [2.05, 4.69) is 13.8 Å². The van der Waals surface area contributed by atoms with E-state index in [1.807, 2.05) is 24.3 Å². The molecule has 0 saturated heterocycles. The minimum atomic E-state index is -0.355. The Bertz CT molecular complexity index is 1240. The van der Waals surface area contributed by atoms with Crippen molar-refractivity contribution in [2.75, 3.05) is 12.3 Å². The first kappa shape index (κ1) is 24.3. The maximum atomic E-state index is 12.7. The second-order valence-corrected chi connectivity index (χ2v) is 9.14. The number of benzene rings is 3. The first-order valence-electron chi connectivity index (χ1n) is 12.2. The normalized spacial score (nSPS) is 14.7. The zero-order valence-electron chi connectivity index (χ0n) is 20.2. The Hall–Kier alpha value is -3.80. The van der Waals surface area contributed by atoms with Crippen molar-refractivity contribution in [3.63, 3.8) is 0 Å². The third-order valence-electron chi connectivity index (χ3n) is 7.08. The average Bonchev–Trinajstić information content (AvgIpc) is 3.10. The van der Waals surface area contributed by atoms with Crippen LogP contribution in [0.5, 0.6) is 11.5 Å². The molecule has 1 aliphatic rings. The van der Waals surface area contributed by atoms with E-state index in [-0.39, 0.29) is 47.3 Å². The van der Waals surface area contributed by atoms with Crippen molar-refractivity contribution in [1.82, 2.24) is 4.90 Å². The largest absolute Gasteiger partial charge is 0.508 e. The highest BCUT2D eigenvalue weighted by Crippen LogP contribution is 2.39. The fourth-order valence-electron chi connectivity index (χ4n) is 5.25. The Labute approximate surface area is 206 Å². The molecule has 2 atom stereocenters. The number of carbonyl (C=O) groups is 2. The molecule has 2 unspecified atom stereocenters. The van der Waals surface area contributed by atoms with Gasteiger partial charge in [0.05, 0.1) is 11.1 Å². The van der Waals surface area contributed by atoms with Gasteiger partial charge in [0, 0.05) is 12.2 Å². The van der Waals surface area contributed by atoms with Crippen LogP contribution in [0.25, 0.3) is 0 Å². The van der Waals surface area contributed by atoms with Crippen LogP contribution in [0.2, 0.25) is 0 Å². The van der Waals surface area contributed by atoms with Gasteiger partial charge in [0.1, 0.15) is 11.5 Å². The molecule has 0 saturated carbocycles. The molecule has 0 radical (unpaired) electrons. The summed E-state index contributed by atoms with van der Waals surface area (Å²) in [4.78, 5) is 26.7. The number of phenols is 2. The molecule has 182 valence electrons. The second kappa shape index (κ2) is 10.2. The van der Waals surface area contributed by atoms with Crippen LogP contribution in [0.4, 0.5) is 5.69 Å². The van der Waals surface area contributed by atoms with E-state index >= 15 is 0 Å². The molecule has 6 heteroatoms. The quantitative estimate of drug-likeness (QED) is 0.278. The molecule has 0 bridgehead atoms. The van der Waals surface area contributed by atoms with Crippen LogP contribution in [-0.2, 0) is 6.42 Å². The van der Waals surface area contributed by atoms with Gasteiger partial charge >= 0.3 is 0 Å². The van der Waals surface area contributed by atoms with Crippen LogP contribution in [0.1, 0.15) is 82.4 Å². The van der Waals surface area contributed by atoms with Crippen LogP contribution in [0.3, 0.4) is 0 Å². The summed E-state index contributed by atoms with van der Waals surface area (Å²) >= 11 is 0. The van der Waals surface area contributed by atoms with Crippen molar-refractivity contribution >= 4 is 17.5 Å². The molecule has 6 nitrogen and oxygen atoms in total. The van der Waals surface area contributed by atoms with Crippen LogP contribution >= 0.6 is 0 Å².